The number of aromatic nitrogens is 1. The standard InChI is InChI=1S/C29H25N2O4P/c32-29(30-24-17-16-22-12-4-5-13-23(22)19-24)28(36(33,34)35)26-20-31(27-15-7-6-14-25(26)27)18-8-11-21-9-2-1-3-10-21/h1-17,19-20,28H,18H2,(H,30,32)(H2,33,34,35)/b11-8+. The first-order chi connectivity index (χ1) is 17.4. The number of hydrogen-bond acceptors (Lipinski definition) is 2. The average Bonchev–Trinajstić information content (AvgIpc) is 3.22. The van der Waals surface area contributed by atoms with Crippen molar-refractivity contribution in [3.8, 4) is 0 Å². The van der Waals surface area contributed by atoms with E-state index in [1.54, 1.807) is 30.5 Å². The largest absolute Gasteiger partial charge is 0.343 e. The molecule has 1 amide bonds. The lowest BCUT2D eigenvalue weighted by Crippen LogP contribution is -2.21. The van der Waals surface area contributed by atoms with Gasteiger partial charge in [0, 0.05) is 34.9 Å². The van der Waals surface area contributed by atoms with E-state index in [1.807, 2.05) is 89.5 Å². The molecule has 4 aromatic carbocycles. The second-order valence-electron chi connectivity index (χ2n) is 8.61. The molecule has 0 saturated heterocycles. The summed E-state index contributed by atoms with van der Waals surface area (Å²) >= 11 is 0. The molecule has 6 nitrogen and oxygen atoms in total. The van der Waals surface area contributed by atoms with Crippen LogP contribution < -0.4 is 5.32 Å². The lowest BCUT2D eigenvalue weighted by Gasteiger charge is -2.18. The minimum Gasteiger partial charge on any atom is -0.343 e. The van der Waals surface area contributed by atoms with Crippen molar-refractivity contribution in [3.63, 3.8) is 0 Å². The van der Waals surface area contributed by atoms with Gasteiger partial charge in [0.1, 0.15) is 0 Å². The van der Waals surface area contributed by atoms with E-state index >= 15 is 0 Å². The van der Waals surface area contributed by atoms with Crippen LogP contribution in [0.4, 0.5) is 5.69 Å². The normalized spacial score (nSPS) is 12.8. The molecule has 0 aliphatic carbocycles. The first-order valence-electron chi connectivity index (χ1n) is 11.5. The number of nitrogens with zero attached hydrogens (tertiary/aromatic N) is 1. The van der Waals surface area contributed by atoms with Gasteiger partial charge in [-0.25, -0.2) is 0 Å². The summed E-state index contributed by atoms with van der Waals surface area (Å²) in [4.78, 5) is 33.9. The van der Waals surface area contributed by atoms with Gasteiger partial charge in [0.15, 0.2) is 5.66 Å². The summed E-state index contributed by atoms with van der Waals surface area (Å²) in [6, 6.07) is 30.3. The highest BCUT2D eigenvalue weighted by molar-refractivity contribution is 7.53. The van der Waals surface area contributed by atoms with Gasteiger partial charge in [0.2, 0.25) is 5.91 Å². The first kappa shape index (κ1) is 23.8. The van der Waals surface area contributed by atoms with Crippen LogP contribution in [0.1, 0.15) is 16.8 Å². The summed E-state index contributed by atoms with van der Waals surface area (Å²) in [5, 5.41) is 5.28. The molecule has 0 spiro atoms. The number of anilines is 1. The summed E-state index contributed by atoms with van der Waals surface area (Å²) in [6.45, 7) is 0.482. The maximum atomic E-state index is 13.3. The van der Waals surface area contributed by atoms with Crippen LogP contribution in [0, 0.1) is 0 Å². The zero-order valence-electron chi connectivity index (χ0n) is 19.4. The van der Waals surface area contributed by atoms with E-state index in [0.717, 1.165) is 21.9 Å². The van der Waals surface area contributed by atoms with Gasteiger partial charge in [-0.1, -0.05) is 91.0 Å². The molecule has 0 aliphatic rings. The summed E-state index contributed by atoms with van der Waals surface area (Å²) in [7, 11) is -4.85. The van der Waals surface area contributed by atoms with Crippen LogP contribution >= 0.6 is 7.60 Å². The Balaban J connectivity index is 1.49. The molecule has 180 valence electrons. The van der Waals surface area contributed by atoms with E-state index in [2.05, 4.69) is 5.32 Å². The fourth-order valence-corrected chi connectivity index (χ4v) is 5.40. The maximum Gasteiger partial charge on any atom is 0.342 e. The highest BCUT2D eigenvalue weighted by Crippen LogP contribution is 2.54. The lowest BCUT2D eigenvalue weighted by molar-refractivity contribution is -0.116. The number of fused-ring (bicyclic) bond motifs is 2. The Morgan fingerprint density at radius 2 is 1.58 bits per heavy atom. The van der Waals surface area contributed by atoms with Gasteiger partial charge in [0.25, 0.3) is 0 Å². The molecular formula is C29H25N2O4P. The van der Waals surface area contributed by atoms with Gasteiger partial charge >= 0.3 is 7.60 Å². The Morgan fingerprint density at radius 3 is 2.36 bits per heavy atom. The second-order valence-corrected chi connectivity index (χ2v) is 10.3. The van der Waals surface area contributed by atoms with Gasteiger partial charge < -0.3 is 19.7 Å². The van der Waals surface area contributed by atoms with Crippen molar-refractivity contribution in [3.05, 3.63) is 120 Å². The monoisotopic (exact) mass is 496 g/mol. The Labute approximate surface area is 208 Å². The zero-order chi connectivity index (χ0) is 25.1. The van der Waals surface area contributed by atoms with E-state index in [0.29, 0.717) is 23.2 Å². The van der Waals surface area contributed by atoms with Crippen LogP contribution in [0.3, 0.4) is 0 Å². The number of nitrogens with one attached hydrogen (secondary N) is 1. The Kier molecular flexibility index (Phi) is 6.57. The predicted molar refractivity (Wildman–Crippen MR) is 145 cm³/mol. The number of carbonyl (C=O) groups excluding carboxylic acids is 1. The summed E-state index contributed by atoms with van der Waals surface area (Å²) in [5.41, 5.74) is 0.976. The van der Waals surface area contributed by atoms with Crippen molar-refractivity contribution in [2.75, 3.05) is 5.32 Å². The fourth-order valence-electron chi connectivity index (χ4n) is 4.46. The van der Waals surface area contributed by atoms with Crippen molar-refractivity contribution in [2.24, 2.45) is 0 Å². The number of rotatable bonds is 7. The maximum absolute atomic E-state index is 13.3. The third-order valence-electron chi connectivity index (χ3n) is 6.13. The molecule has 3 N–H and O–H groups in total. The van der Waals surface area contributed by atoms with E-state index < -0.39 is 19.2 Å². The van der Waals surface area contributed by atoms with Crippen molar-refractivity contribution >= 4 is 46.9 Å². The van der Waals surface area contributed by atoms with Crippen molar-refractivity contribution in [1.29, 1.82) is 0 Å². The minimum absolute atomic E-state index is 0.297. The van der Waals surface area contributed by atoms with Crippen LogP contribution in [0.5, 0.6) is 0 Å². The summed E-state index contributed by atoms with van der Waals surface area (Å²) in [5.74, 6) is -0.749. The third kappa shape index (κ3) is 5.02. The zero-order valence-corrected chi connectivity index (χ0v) is 20.3. The molecule has 7 heteroatoms. The molecule has 1 unspecified atom stereocenters. The average molecular weight is 497 g/mol. The minimum atomic E-state index is -4.85. The Bertz CT molecular complexity index is 1620. The molecule has 0 bridgehead atoms. The molecule has 1 atom stereocenters. The van der Waals surface area contributed by atoms with Crippen molar-refractivity contribution in [1.82, 2.24) is 4.57 Å². The van der Waals surface area contributed by atoms with Crippen molar-refractivity contribution in [2.45, 2.75) is 12.2 Å². The predicted octanol–water partition coefficient (Wildman–Crippen LogP) is 6.37. The SMILES string of the molecule is O=C(Nc1ccc2ccccc2c1)C(c1cn(C/C=C/c2ccccc2)c2ccccc12)P(=O)(O)O. The molecule has 36 heavy (non-hydrogen) atoms. The summed E-state index contributed by atoms with van der Waals surface area (Å²) < 4.78 is 14.5. The smallest absolute Gasteiger partial charge is 0.342 e. The molecule has 1 heterocycles. The number of para-hydroxylation sites is 1. The molecule has 0 saturated carbocycles. The van der Waals surface area contributed by atoms with E-state index in [-0.39, 0.29) is 0 Å². The summed E-state index contributed by atoms with van der Waals surface area (Å²) in [6.07, 6.45) is 5.64. The molecule has 5 rings (SSSR count). The quantitative estimate of drug-likeness (QED) is 0.229. The molecule has 5 aromatic rings. The number of hydrogen-bond donors (Lipinski definition) is 3. The Hall–Kier alpha value is -3.96. The molecule has 0 radical (unpaired) electrons. The van der Waals surface area contributed by atoms with Crippen LogP contribution in [0.2, 0.25) is 0 Å². The molecule has 0 aliphatic heterocycles. The van der Waals surface area contributed by atoms with Gasteiger partial charge in [0.05, 0.1) is 0 Å². The van der Waals surface area contributed by atoms with Crippen molar-refractivity contribution < 1.29 is 19.1 Å². The van der Waals surface area contributed by atoms with Gasteiger partial charge in [-0.3, -0.25) is 9.36 Å². The van der Waals surface area contributed by atoms with Gasteiger partial charge in [-0.05, 0) is 34.5 Å². The van der Waals surface area contributed by atoms with Crippen LogP contribution in [0.25, 0.3) is 27.8 Å². The van der Waals surface area contributed by atoms with Gasteiger partial charge in [-0.15, -0.1) is 0 Å². The lowest BCUT2D eigenvalue weighted by atomic mass is 10.1. The number of amides is 1. The number of benzene rings is 4. The van der Waals surface area contributed by atoms with E-state index in [4.69, 9.17) is 0 Å². The fraction of sp³-hybridized carbons (Fsp3) is 0.0690. The van der Waals surface area contributed by atoms with E-state index in [9.17, 15) is 19.1 Å². The highest BCUT2D eigenvalue weighted by atomic mass is 31.2. The second kappa shape index (κ2) is 9.96. The Morgan fingerprint density at radius 1 is 0.889 bits per heavy atom. The van der Waals surface area contributed by atoms with Crippen LogP contribution in [0.15, 0.2) is 109 Å². The molecule has 1 aromatic heterocycles. The molecule has 0 fully saturated rings. The molecular weight excluding hydrogens is 471 g/mol. The first-order valence-corrected chi connectivity index (χ1v) is 13.2. The van der Waals surface area contributed by atoms with Gasteiger partial charge in [-0.2, -0.15) is 0 Å². The highest BCUT2D eigenvalue weighted by Gasteiger charge is 2.39. The number of allylic oxidation sites excluding steroid dienone is 1. The van der Waals surface area contributed by atoms with Crippen LogP contribution in [-0.2, 0) is 15.9 Å². The van der Waals surface area contributed by atoms with Crippen LogP contribution in [-0.4, -0.2) is 20.3 Å². The number of carbonyl (C=O) groups is 1. The topological polar surface area (TPSA) is 91.6 Å². The van der Waals surface area contributed by atoms with E-state index in [1.165, 1.54) is 0 Å². The third-order valence-corrected chi connectivity index (χ3v) is 7.31.